The van der Waals surface area contributed by atoms with Crippen molar-refractivity contribution in [1.29, 1.82) is 0 Å². The molecular weight excluding hydrogens is 442 g/mol. The van der Waals surface area contributed by atoms with Gasteiger partial charge in [0.15, 0.2) is 0 Å². The summed E-state index contributed by atoms with van der Waals surface area (Å²) in [5.74, 6) is -0.760. The largest absolute Gasteiger partial charge is 0.488 e. The Hall–Kier alpha value is -3.02. The van der Waals surface area contributed by atoms with Crippen molar-refractivity contribution in [2.45, 2.75) is 19.0 Å². The number of aryl methyl sites for hydroxylation is 1. The van der Waals surface area contributed by atoms with Crippen molar-refractivity contribution < 1.29 is 31.1 Å². The van der Waals surface area contributed by atoms with E-state index < -0.39 is 47.1 Å². The molecule has 0 atom stereocenters. The monoisotopic (exact) mass is 452 g/mol. The lowest BCUT2D eigenvalue weighted by molar-refractivity contribution is -0.140. The van der Waals surface area contributed by atoms with Gasteiger partial charge >= 0.3 is 18.0 Å². The van der Waals surface area contributed by atoms with E-state index in [0.717, 1.165) is 28.9 Å². The summed E-state index contributed by atoms with van der Waals surface area (Å²) in [5, 5.41) is 6.81. The third-order valence-electron chi connectivity index (χ3n) is 4.03. The highest BCUT2D eigenvalue weighted by atomic mass is 35.5. The Morgan fingerprint density at radius 1 is 1.00 bits per heavy atom. The number of tetrazole rings is 1. The summed E-state index contributed by atoms with van der Waals surface area (Å²) in [6.07, 6.45) is -9.70. The van der Waals surface area contributed by atoms with Crippen molar-refractivity contribution in [3.8, 4) is 11.4 Å². The quantitative estimate of drug-likeness (QED) is 0.556. The average molecular weight is 453 g/mol. The zero-order valence-electron chi connectivity index (χ0n) is 14.9. The number of benzene rings is 2. The van der Waals surface area contributed by atoms with E-state index in [1.54, 1.807) is 0 Å². The van der Waals surface area contributed by atoms with E-state index in [1.807, 2.05) is 0 Å². The maximum atomic E-state index is 13.5. The third-order valence-corrected chi connectivity index (χ3v) is 4.26. The lowest BCUT2D eigenvalue weighted by atomic mass is 10.1. The minimum absolute atomic E-state index is 0.104. The van der Waals surface area contributed by atoms with Crippen LogP contribution < -0.4 is 10.4 Å². The van der Waals surface area contributed by atoms with Gasteiger partial charge in [-0.05, 0) is 40.8 Å². The molecule has 0 aliphatic rings. The van der Waals surface area contributed by atoms with Gasteiger partial charge in [-0.15, -0.1) is 0 Å². The third kappa shape index (κ3) is 4.27. The number of halogens is 7. The predicted octanol–water partition coefficient (Wildman–Crippen LogP) is 4.24. The molecule has 0 fully saturated rings. The molecule has 30 heavy (non-hydrogen) atoms. The van der Waals surface area contributed by atoms with Crippen LogP contribution in [0.3, 0.4) is 0 Å². The molecule has 0 saturated carbocycles. The zero-order chi connectivity index (χ0) is 22.3. The van der Waals surface area contributed by atoms with Crippen LogP contribution in [0.1, 0.15) is 16.7 Å². The lowest BCUT2D eigenvalue weighted by Gasteiger charge is -2.18. The SMILES string of the molecule is Cn1nnn(-c2cccc(C(F)(F)F)c2COc2cc(Cl)ccc2C(F)(F)F)c1=O. The number of alkyl halides is 6. The maximum absolute atomic E-state index is 13.5. The molecule has 3 aromatic rings. The number of hydrogen-bond donors (Lipinski definition) is 0. The summed E-state index contributed by atoms with van der Waals surface area (Å²) >= 11 is 5.71. The van der Waals surface area contributed by atoms with Crippen molar-refractivity contribution >= 4 is 11.6 Å². The molecule has 0 spiro atoms. The van der Waals surface area contributed by atoms with Gasteiger partial charge in [0, 0.05) is 17.6 Å². The first-order chi connectivity index (χ1) is 13.9. The van der Waals surface area contributed by atoms with E-state index >= 15 is 0 Å². The van der Waals surface area contributed by atoms with Gasteiger partial charge < -0.3 is 4.74 Å². The van der Waals surface area contributed by atoms with Crippen LogP contribution in [-0.4, -0.2) is 19.8 Å². The predicted molar refractivity (Wildman–Crippen MR) is 92.4 cm³/mol. The summed E-state index contributed by atoms with van der Waals surface area (Å²) in [6, 6.07) is 5.36. The molecule has 0 unspecified atom stereocenters. The Balaban J connectivity index is 2.12. The first-order valence-electron chi connectivity index (χ1n) is 8.07. The molecule has 1 aromatic heterocycles. The summed E-state index contributed by atoms with van der Waals surface area (Å²) < 4.78 is 86.7. The zero-order valence-corrected chi connectivity index (χ0v) is 15.7. The van der Waals surface area contributed by atoms with Crippen LogP contribution in [0.15, 0.2) is 41.2 Å². The molecule has 0 aliphatic carbocycles. The fourth-order valence-corrected chi connectivity index (χ4v) is 2.82. The van der Waals surface area contributed by atoms with Crippen LogP contribution in [0.5, 0.6) is 5.75 Å². The molecule has 0 aliphatic heterocycles. The second kappa shape index (κ2) is 7.67. The molecule has 0 bridgehead atoms. The van der Waals surface area contributed by atoms with E-state index in [1.165, 1.54) is 7.05 Å². The molecular formula is C17H11ClF6N4O2. The summed E-state index contributed by atoms with van der Waals surface area (Å²) in [5.41, 5.74) is -4.20. The Morgan fingerprint density at radius 2 is 1.67 bits per heavy atom. The van der Waals surface area contributed by atoms with Crippen LogP contribution in [0.2, 0.25) is 5.02 Å². The van der Waals surface area contributed by atoms with Crippen molar-refractivity contribution in [1.82, 2.24) is 19.8 Å². The van der Waals surface area contributed by atoms with Crippen molar-refractivity contribution in [2.75, 3.05) is 0 Å². The van der Waals surface area contributed by atoms with Gasteiger partial charge in [0.2, 0.25) is 0 Å². The van der Waals surface area contributed by atoms with Crippen LogP contribution >= 0.6 is 11.6 Å². The number of aromatic nitrogens is 4. The highest BCUT2D eigenvalue weighted by molar-refractivity contribution is 6.30. The normalized spacial score (nSPS) is 12.3. The number of rotatable bonds is 4. The van der Waals surface area contributed by atoms with E-state index in [9.17, 15) is 31.1 Å². The fraction of sp³-hybridized carbons (Fsp3) is 0.235. The van der Waals surface area contributed by atoms with E-state index in [4.69, 9.17) is 16.3 Å². The maximum Gasteiger partial charge on any atom is 0.419 e. The molecule has 2 aromatic carbocycles. The fourth-order valence-electron chi connectivity index (χ4n) is 2.65. The minimum Gasteiger partial charge on any atom is -0.488 e. The summed E-state index contributed by atoms with van der Waals surface area (Å²) in [7, 11) is 1.23. The minimum atomic E-state index is -4.87. The molecule has 13 heteroatoms. The second-order valence-electron chi connectivity index (χ2n) is 6.02. The number of nitrogens with zero attached hydrogens (tertiary/aromatic N) is 4. The molecule has 0 amide bonds. The van der Waals surface area contributed by atoms with Gasteiger partial charge in [-0.1, -0.05) is 17.7 Å². The van der Waals surface area contributed by atoms with E-state index in [2.05, 4.69) is 10.4 Å². The number of ether oxygens (including phenoxy) is 1. The lowest BCUT2D eigenvalue weighted by Crippen LogP contribution is -2.24. The van der Waals surface area contributed by atoms with Crippen molar-refractivity contribution in [3.05, 3.63) is 68.6 Å². The van der Waals surface area contributed by atoms with Crippen LogP contribution in [0.4, 0.5) is 26.3 Å². The molecule has 3 rings (SSSR count). The topological polar surface area (TPSA) is 61.9 Å². The molecule has 6 nitrogen and oxygen atoms in total. The van der Waals surface area contributed by atoms with Gasteiger partial charge in [0.05, 0.1) is 16.8 Å². The first kappa shape index (κ1) is 21.7. The van der Waals surface area contributed by atoms with Gasteiger partial charge in [0.25, 0.3) is 0 Å². The van der Waals surface area contributed by atoms with E-state index in [-0.39, 0.29) is 10.7 Å². The summed E-state index contributed by atoms with van der Waals surface area (Å²) in [4.78, 5) is 12.1. The van der Waals surface area contributed by atoms with Crippen LogP contribution in [-0.2, 0) is 26.0 Å². The van der Waals surface area contributed by atoms with E-state index in [0.29, 0.717) is 16.8 Å². The Labute approximate surface area is 169 Å². The van der Waals surface area contributed by atoms with Crippen molar-refractivity contribution in [3.63, 3.8) is 0 Å². The van der Waals surface area contributed by atoms with Crippen LogP contribution in [0, 0.1) is 0 Å². The highest BCUT2D eigenvalue weighted by Gasteiger charge is 2.37. The van der Waals surface area contributed by atoms with Gasteiger partial charge in [0.1, 0.15) is 12.4 Å². The van der Waals surface area contributed by atoms with Gasteiger partial charge in [-0.2, -0.15) is 35.7 Å². The molecule has 1 heterocycles. The number of hydrogen-bond acceptors (Lipinski definition) is 4. The highest BCUT2D eigenvalue weighted by Crippen LogP contribution is 2.39. The smallest absolute Gasteiger partial charge is 0.419 e. The Bertz CT molecular complexity index is 1140. The molecule has 160 valence electrons. The standard InChI is InChI=1S/C17H11ClF6N4O2/c1-27-15(29)28(26-25-27)13-4-2-3-11(16(19,20)21)10(13)8-30-14-7-9(18)5-6-12(14)17(22,23)24/h2-7H,8H2,1H3. The van der Waals surface area contributed by atoms with Gasteiger partial charge in [-0.3, -0.25) is 0 Å². The van der Waals surface area contributed by atoms with Crippen LogP contribution in [0.25, 0.3) is 5.69 Å². The van der Waals surface area contributed by atoms with Crippen molar-refractivity contribution in [2.24, 2.45) is 7.05 Å². The molecule has 0 radical (unpaired) electrons. The molecule has 0 saturated heterocycles. The average Bonchev–Trinajstić information content (AvgIpc) is 2.96. The Morgan fingerprint density at radius 3 is 2.23 bits per heavy atom. The second-order valence-corrected chi connectivity index (χ2v) is 6.46. The first-order valence-corrected chi connectivity index (χ1v) is 8.45. The van der Waals surface area contributed by atoms with Gasteiger partial charge in [-0.25, -0.2) is 4.79 Å². The Kier molecular flexibility index (Phi) is 5.54. The molecule has 0 N–H and O–H groups in total. The summed E-state index contributed by atoms with van der Waals surface area (Å²) in [6.45, 7) is -0.947.